The van der Waals surface area contributed by atoms with E-state index in [0.717, 1.165) is 32.2 Å². The third kappa shape index (κ3) is 3.43. The summed E-state index contributed by atoms with van der Waals surface area (Å²) in [5.74, 6) is -1.47. The number of carbonyl (C=O) groups is 2. The van der Waals surface area contributed by atoms with Crippen molar-refractivity contribution in [3.8, 4) is 0 Å². The summed E-state index contributed by atoms with van der Waals surface area (Å²) in [4.78, 5) is 23.1. The third-order valence-corrected chi connectivity index (χ3v) is 3.47. The van der Waals surface area contributed by atoms with Gasteiger partial charge in [-0.25, -0.2) is 4.79 Å². The van der Waals surface area contributed by atoms with Gasteiger partial charge in [0.05, 0.1) is 12.0 Å². The van der Waals surface area contributed by atoms with Crippen LogP contribution in [-0.2, 0) is 9.59 Å². The van der Waals surface area contributed by atoms with Gasteiger partial charge in [-0.3, -0.25) is 4.79 Å². The zero-order valence-electron chi connectivity index (χ0n) is 10.7. The van der Waals surface area contributed by atoms with Crippen molar-refractivity contribution in [3.63, 3.8) is 0 Å². The summed E-state index contributed by atoms with van der Waals surface area (Å²) in [6.07, 6.45) is 3.26. The number of hydrogen-bond acceptors (Lipinski definition) is 4. The van der Waals surface area contributed by atoms with Crippen molar-refractivity contribution in [1.82, 2.24) is 10.6 Å². The lowest BCUT2D eigenvalue weighted by Crippen LogP contribution is -2.55. The summed E-state index contributed by atoms with van der Waals surface area (Å²) in [5.41, 5.74) is -0.532. The molecule has 0 spiro atoms. The van der Waals surface area contributed by atoms with Gasteiger partial charge in [-0.05, 0) is 25.8 Å². The molecule has 1 unspecified atom stereocenters. The molecule has 2 atom stereocenters. The number of carboxylic acid groups (broad SMARTS) is 1. The second-order valence-corrected chi connectivity index (χ2v) is 4.86. The summed E-state index contributed by atoms with van der Waals surface area (Å²) < 4.78 is 0. The summed E-state index contributed by atoms with van der Waals surface area (Å²) >= 11 is 0. The van der Waals surface area contributed by atoms with Gasteiger partial charge in [0, 0.05) is 6.54 Å². The molecule has 1 saturated heterocycles. The molecule has 0 aromatic carbocycles. The second-order valence-electron chi connectivity index (χ2n) is 4.86. The van der Waals surface area contributed by atoms with Crippen LogP contribution in [0.3, 0.4) is 0 Å². The average Bonchev–Trinajstić information content (AvgIpc) is 2.36. The van der Waals surface area contributed by atoms with Gasteiger partial charge in [-0.15, -0.1) is 0 Å². The van der Waals surface area contributed by atoms with Gasteiger partial charge in [0.25, 0.3) is 0 Å². The van der Waals surface area contributed by atoms with E-state index in [1.54, 1.807) is 0 Å². The maximum absolute atomic E-state index is 12.3. The number of piperidine rings is 1. The van der Waals surface area contributed by atoms with E-state index in [1.807, 2.05) is 6.92 Å². The van der Waals surface area contributed by atoms with E-state index in [0.29, 0.717) is 6.54 Å². The molecule has 0 aromatic rings. The van der Waals surface area contributed by atoms with Crippen molar-refractivity contribution in [3.05, 3.63) is 0 Å². The van der Waals surface area contributed by atoms with Gasteiger partial charge >= 0.3 is 5.97 Å². The highest BCUT2D eigenvalue weighted by atomic mass is 16.4. The van der Waals surface area contributed by atoms with Crippen LogP contribution >= 0.6 is 0 Å². The number of rotatable bonds is 6. The first-order valence-electron chi connectivity index (χ1n) is 6.41. The smallest absolute Gasteiger partial charge is 0.328 e. The van der Waals surface area contributed by atoms with E-state index in [2.05, 4.69) is 10.6 Å². The lowest BCUT2D eigenvalue weighted by atomic mass is 9.76. The minimum atomic E-state index is -1.21. The Kier molecular flexibility index (Phi) is 5.55. The maximum atomic E-state index is 12.3. The molecule has 1 rings (SSSR count). The van der Waals surface area contributed by atoms with E-state index in [1.165, 1.54) is 0 Å². The van der Waals surface area contributed by atoms with Crippen LogP contribution in [0.15, 0.2) is 0 Å². The van der Waals surface area contributed by atoms with Crippen molar-refractivity contribution < 1.29 is 19.8 Å². The van der Waals surface area contributed by atoms with Crippen LogP contribution in [0.1, 0.15) is 32.6 Å². The maximum Gasteiger partial charge on any atom is 0.328 e. The van der Waals surface area contributed by atoms with Crippen molar-refractivity contribution >= 4 is 11.9 Å². The largest absolute Gasteiger partial charge is 0.480 e. The molecule has 1 heterocycles. The number of aliphatic carboxylic acids is 1. The molecule has 18 heavy (non-hydrogen) atoms. The first kappa shape index (κ1) is 14.9. The molecule has 1 aliphatic heterocycles. The second kappa shape index (κ2) is 6.70. The zero-order valence-corrected chi connectivity index (χ0v) is 10.7. The molecular formula is C12H22N2O4. The quantitative estimate of drug-likeness (QED) is 0.525. The molecule has 0 aromatic heterocycles. The Morgan fingerprint density at radius 2 is 2.22 bits per heavy atom. The third-order valence-electron chi connectivity index (χ3n) is 3.47. The summed E-state index contributed by atoms with van der Waals surface area (Å²) in [6.45, 7) is 2.88. The Balaban J connectivity index is 2.73. The molecule has 6 nitrogen and oxygen atoms in total. The van der Waals surface area contributed by atoms with Gasteiger partial charge in [-0.1, -0.05) is 13.3 Å². The van der Waals surface area contributed by atoms with Crippen LogP contribution in [0.5, 0.6) is 0 Å². The molecule has 0 saturated carbocycles. The highest BCUT2D eigenvalue weighted by Gasteiger charge is 2.40. The highest BCUT2D eigenvalue weighted by Crippen LogP contribution is 2.31. The van der Waals surface area contributed by atoms with E-state index in [4.69, 9.17) is 10.2 Å². The molecule has 1 fully saturated rings. The predicted molar refractivity (Wildman–Crippen MR) is 66.1 cm³/mol. The normalized spacial score (nSPS) is 25.4. The van der Waals surface area contributed by atoms with Crippen LogP contribution in [0.25, 0.3) is 0 Å². The topological polar surface area (TPSA) is 98.7 Å². The fraction of sp³-hybridized carbons (Fsp3) is 0.833. The van der Waals surface area contributed by atoms with Gasteiger partial charge in [0.2, 0.25) is 5.91 Å². The number of carbonyl (C=O) groups excluding carboxylic acids is 1. The molecule has 104 valence electrons. The Labute approximate surface area is 107 Å². The van der Waals surface area contributed by atoms with Crippen LogP contribution in [0.2, 0.25) is 0 Å². The van der Waals surface area contributed by atoms with Crippen molar-refractivity contribution in [1.29, 1.82) is 0 Å². The SMILES string of the molecule is CCCC1(C(=O)N[C@@H](CO)C(=O)O)CCCNC1. The molecule has 6 heteroatoms. The summed E-state index contributed by atoms with van der Waals surface area (Å²) in [6, 6.07) is -1.21. The van der Waals surface area contributed by atoms with E-state index in [-0.39, 0.29) is 5.91 Å². The number of nitrogens with one attached hydrogen (secondary N) is 2. The van der Waals surface area contributed by atoms with Gasteiger partial charge in [0.15, 0.2) is 0 Å². The number of hydrogen-bond donors (Lipinski definition) is 4. The lowest BCUT2D eigenvalue weighted by molar-refractivity contribution is -0.145. The van der Waals surface area contributed by atoms with Crippen molar-refractivity contribution in [2.75, 3.05) is 19.7 Å². The van der Waals surface area contributed by atoms with E-state index < -0.39 is 24.0 Å². The van der Waals surface area contributed by atoms with Crippen molar-refractivity contribution in [2.45, 2.75) is 38.6 Å². The standard InChI is InChI=1S/C12H22N2O4/c1-2-4-12(5-3-6-13-8-12)11(18)14-9(7-15)10(16)17/h9,13,15H,2-8H2,1H3,(H,14,18)(H,16,17)/t9-,12?/m0/s1. The minimum Gasteiger partial charge on any atom is -0.480 e. The number of aliphatic hydroxyl groups is 1. The van der Waals surface area contributed by atoms with Gasteiger partial charge in [-0.2, -0.15) is 0 Å². The Morgan fingerprint density at radius 3 is 2.67 bits per heavy atom. The first-order chi connectivity index (χ1) is 8.55. The van der Waals surface area contributed by atoms with Crippen LogP contribution in [-0.4, -0.2) is 47.8 Å². The molecule has 1 amide bonds. The predicted octanol–water partition coefficient (Wildman–Crippen LogP) is -0.282. The van der Waals surface area contributed by atoms with E-state index >= 15 is 0 Å². The van der Waals surface area contributed by atoms with Crippen LogP contribution in [0.4, 0.5) is 0 Å². The summed E-state index contributed by atoms with van der Waals surface area (Å²) in [5, 5.41) is 23.4. The Bertz CT molecular complexity index is 295. The monoisotopic (exact) mass is 258 g/mol. The minimum absolute atomic E-state index is 0.266. The number of carboxylic acids is 1. The lowest BCUT2D eigenvalue weighted by Gasteiger charge is -2.36. The molecule has 0 bridgehead atoms. The Morgan fingerprint density at radius 1 is 1.50 bits per heavy atom. The molecule has 0 radical (unpaired) electrons. The Hall–Kier alpha value is -1.14. The molecular weight excluding hydrogens is 236 g/mol. The van der Waals surface area contributed by atoms with Crippen LogP contribution < -0.4 is 10.6 Å². The summed E-state index contributed by atoms with van der Waals surface area (Å²) in [7, 11) is 0. The fourth-order valence-corrected chi connectivity index (χ4v) is 2.46. The fourth-order valence-electron chi connectivity index (χ4n) is 2.46. The first-order valence-corrected chi connectivity index (χ1v) is 6.41. The van der Waals surface area contributed by atoms with E-state index in [9.17, 15) is 9.59 Å². The zero-order chi connectivity index (χ0) is 13.6. The molecule has 0 aliphatic carbocycles. The highest BCUT2D eigenvalue weighted by molar-refractivity contribution is 5.87. The van der Waals surface area contributed by atoms with Crippen molar-refractivity contribution in [2.24, 2.45) is 5.41 Å². The van der Waals surface area contributed by atoms with Gasteiger partial charge < -0.3 is 20.8 Å². The molecule has 1 aliphatic rings. The number of amides is 1. The average molecular weight is 258 g/mol. The van der Waals surface area contributed by atoms with Crippen LogP contribution in [0, 0.1) is 5.41 Å². The number of aliphatic hydroxyl groups excluding tert-OH is 1. The van der Waals surface area contributed by atoms with Gasteiger partial charge in [0.1, 0.15) is 6.04 Å². The molecule has 4 N–H and O–H groups in total.